The van der Waals surface area contributed by atoms with E-state index in [2.05, 4.69) is 28.8 Å². The van der Waals surface area contributed by atoms with Crippen molar-refractivity contribution in [1.29, 1.82) is 0 Å². The van der Waals surface area contributed by atoms with E-state index in [9.17, 15) is 13.0 Å². The molecule has 0 aliphatic carbocycles. The molecule has 0 fully saturated rings. The van der Waals surface area contributed by atoms with Crippen LogP contribution in [0.5, 0.6) is 0 Å². The maximum absolute atomic E-state index is 11.9. The van der Waals surface area contributed by atoms with Crippen molar-refractivity contribution in [2.24, 2.45) is 5.11 Å². The van der Waals surface area contributed by atoms with Crippen LogP contribution in [0, 0.1) is 0 Å². The van der Waals surface area contributed by atoms with Crippen LogP contribution in [0.4, 0.5) is 5.69 Å². The van der Waals surface area contributed by atoms with Gasteiger partial charge in [-0.3, -0.25) is 4.55 Å². The number of hydrogen-bond donors (Lipinski definition) is 1. The first-order chi connectivity index (χ1) is 15.4. The minimum atomic E-state index is -4.43. The predicted octanol–water partition coefficient (Wildman–Crippen LogP) is 4.68. The van der Waals surface area contributed by atoms with Crippen molar-refractivity contribution in [3.63, 3.8) is 0 Å². The van der Waals surface area contributed by atoms with Crippen LogP contribution in [0.2, 0.25) is 0 Å². The van der Waals surface area contributed by atoms with Crippen LogP contribution >= 0.6 is 0 Å². The summed E-state index contributed by atoms with van der Waals surface area (Å²) >= 11 is 0. The molecule has 0 aliphatic heterocycles. The lowest BCUT2D eigenvalue weighted by atomic mass is 10.2. The molecule has 0 amide bonds. The molecule has 0 saturated heterocycles. The Morgan fingerprint density at radius 1 is 1.22 bits per heavy atom. The Bertz CT molecular complexity index is 1270. The molecule has 0 spiro atoms. The van der Waals surface area contributed by atoms with E-state index in [4.69, 9.17) is 9.95 Å². The number of aromatic nitrogens is 1. The van der Waals surface area contributed by atoms with Crippen molar-refractivity contribution in [2.45, 2.75) is 31.7 Å². The van der Waals surface area contributed by atoms with Crippen molar-refractivity contribution in [2.75, 3.05) is 24.5 Å². The van der Waals surface area contributed by atoms with Crippen LogP contribution in [0.25, 0.3) is 33.6 Å². The van der Waals surface area contributed by atoms with Crippen LogP contribution in [-0.2, 0) is 16.7 Å². The van der Waals surface area contributed by atoms with Gasteiger partial charge in [0.25, 0.3) is 0 Å². The molecule has 32 heavy (non-hydrogen) atoms. The first-order valence-corrected chi connectivity index (χ1v) is 11.8. The van der Waals surface area contributed by atoms with Crippen LogP contribution in [-0.4, -0.2) is 32.6 Å². The van der Waals surface area contributed by atoms with Crippen molar-refractivity contribution in [1.82, 2.24) is 0 Å². The van der Waals surface area contributed by atoms with E-state index in [1.807, 2.05) is 24.3 Å². The van der Waals surface area contributed by atoms with Gasteiger partial charge in [-0.05, 0) is 49.7 Å². The molecular formula is C22H26N5O4S+. The van der Waals surface area contributed by atoms with Crippen LogP contribution in [0.1, 0.15) is 31.6 Å². The molecule has 0 radical (unpaired) electrons. The molecule has 2 heterocycles. The fourth-order valence-electron chi connectivity index (χ4n) is 3.47. The predicted molar refractivity (Wildman–Crippen MR) is 124 cm³/mol. The number of hydrogen-bond acceptors (Lipinski definition) is 5. The Balaban J connectivity index is 1.87. The van der Waals surface area contributed by atoms with Crippen LogP contribution in [0.3, 0.4) is 0 Å². The van der Waals surface area contributed by atoms with Crippen molar-refractivity contribution in [3.05, 3.63) is 64.5 Å². The second kappa shape index (κ2) is 10.3. The maximum Gasteiger partial charge on any atom is 0.301 e. The summed E-state index contributed by atoms with van der Waals surface area (Å²) in [5.41, 5.74) is 10.5. The lowest BCUT2D eigenvalue weighted by molar-refractivity contribution is -0.698. The standard InChI is InChI=1S/C22H25N5O4S/c1-3-27(4-2)19-8-6-18-14-20(31-21(18)15-19)9-7-17-10-13-26(12-5-11-24-25-23)16-22(17)32(28,29)30/h6-10,13-16H,3-5,11-12H2,1-2H3/p+1. The zero-order valence-corrected chi connectivity index (χ0v) is 18.9. The zero-order valence-electron chi connectivity index (χ0n) is 18.0. The molecule has 1 aromatic carbocycles. The number of benzene rings is 1. The van der Waals surface area contributed by atoms with E-state index in [1.165, 1.54) is 6.20 Å². The van der Waals surface area contributed by atoms with Crippen molar-refractivity contribution in [3.8, 4) is 0 Å². The van der Waals surface area contributed by atoms with Crippen LogP contribution in [0.15, 0.2) is 57.2 Å². The van der Waals surface area contributed by atoms with E-state index < -0.39 is 10.1 Å². The fraction of sp³-hybridized carbons (Fsp3) is 0.318. The Labute approximate surface area is 187 Å². The second-order valence-electron chi connectivity index (χ2n) is 7.16. The highest BCUT2D eigenvalue weighted by molar-refractivity contribution is 7.85. The van der Waals surface area contributed by atoms with Gasteiger partial charge in [-0.15, -0.1) is 0 Å². The van der Waals surface area contributed by atoms with Gasteiger partial charge in [-0.1, -0.05) is 5.11 Å². The number of pyridine rings is 1. The number of aryl methyl sites for hydroxylation is 1. The van der Waals surface area contributed by atoms with E-state index in [-0.39, 0.29) is 4.90 Å². The number of anilines is 1. The quantitative estimate of drug-likeness (QED) is 0.118. The third kappa shape index (κ3) is 5.67. The number of rotatable bonds is 10. The first-order valence-electron chi connectivity index (χ1n) is 10.3. The highest BCUT2D eigenvalue weighted by atomic mass is 32.2. The number of fused-ring (bicyclic) bond motifs is 1. The van der Waals surface area contributed by atoms with Crippen molar-refractivity contribution < 1.29 is 22.0 Å². The van der Waals surface area contributed by atoms with Crippen LogP contribution < -0.4 is 9.47 Å². The van der Waals surface area contributed by atoms with E-state index in [1.54, 1.807) is 29.0 Å². The van der Waals surface area contributed by atoms with Gasteiger partial charge in [0, 0.05) is 59.7 Å². The summed E-state index contributed by atoms with van der Waals surface area (Å²) in [4.78, 5) is 4.70. The van der Waals surface area contributed by atoms with Gasteiger partial charge in [-0.2, -0.15) is 8.42 Å². The average molecular weight is 457 g/mol. The molecular weight excluding hydrogens is 430 g/mol. The fourth-order valence-corrected chi connectivity index (χ4v) is 4.17. The normalized spacial score (nSPS) is 11.7. The molecule has 0 aliphatic rings. The first kappa shape index (κ1) is 23.3. The highest BCUT2D eigenvalue weighted by Gasteiger charge is 2.19. The maximum atomic E-state index is 11.9. The summed E-state index contributed by atoms with van der Waals surface area (Å²) < 4.78 is 41.0. The lowest BCUT2D eigenvalue weighted by Gasteiger charge is -2.20. The van der Waals surface area contributed by atoms with Gasteiger partial charge in [0.1, 0.15) is 17.9 Å². The van der Waals surface area contributed by atoms with Gasteiger partial charge >= 0.3 is 10.1 Å². The zero-order chi connectivity index (χ0) is 23.1. The molecule has 3 aromatic rings. The smallest absolute Gasteiger partial charge is 0.301 e. The van der Waals surface area contributed by atoms with Gasteiger partial charge in [0.05, 0.1) is 0 Å². The summed E-state index contributed by atoms with van der Waals surface area (Å²) in [5.74, 6) is 0.573. The SMILES string of the molecule is CCN(CC)c1ccc2cc(/C=C/c3cc[n+](CCCN=[N+]=[N-])cc3S(=O)(=O)O)oc2c1. The Kier molecular flexibility index (Phi) is 7.53. The van der Waals surface area contributed by atoms with Gasteiger partial charge in [-0.25, -0.2) is 4.57 Å². The minimum Gasteiger partial charge on any atom is -0.457 e. The monoisotopic (exact) mass is 456 g/mol. The number of nitrogens with zero attached hydrogens (tertiary/aromatic N) is 5. The number of furan rings is 1. The van der Waals surface area contributed by atoms with Crippen molar-refractivity contribution >= 4 is 38.9 Å². The minimum absolute atomic E-state index is 0.208. The second-order valence-corrected chi connectivity index (χ2v) is 8.55. The summed E-state index contributed by atoms with van der Waals surface area (Å²) in [5, 5.41) is 4.40. The van der Waals surface area contributed by atoms with E-state index >= 15 is 0 Å². The summed E-state index contributed by atoms with van der Waals surface area (Å²) in [6.07, 6.45) is 6.88. The van der Waals surface area contributed by atoms with Gasteiger partial charge in [0.2, 0.25) is 0 Å². The molecule has 9 nitrogen and oxygen atoms in total. The molecule has 0 atom stereocenters. The summed E-state index contributed by atoms with van der Waals surface area (Å²) in [7, 11) is -4.43. The molecule has 3 rings (SSSR count). The number of azide groups is 1. The summed E-state index contributed by atoms with van der Waals surface area (Å²) in [6, 6.07) is 9.52. The average Bonchev–Trinajstić information content (AvgIpc) is 3.18. The lowest BCUT2D eigenvalue weighted by Crippen LogP contribution is -2.34. The van der Waals surface area contributed by atoms with E-state index in [0.29, 0.717) is 30.8 Å². The van der Waals surface area contributed by atoms with E-state index in [0.717, 1.165) is 29.7 Å². The molecule has 0 bridgehead atoms. The largest absolute Gasteiger partial charge is 0.457 e. The Morgan fingerprint density at radius 2 is 2.00 bits per heavy atom. The molecule has 0 saturated carbocycles. The Hall–Kier alpha value is -3.33. The third-order valence-electron chi connectivity index (χ3n) is 5.11. The third-order valence-corrected chi connectivity index (χ3v) is 6.00. The molecule has 10 heteroatoms. The van der Waals surface area contributed by atoms with Gasteiger partial charge < -0.3 is 9.32 Å². The molecule has 1 N–H and O–H groups in total. The van der Waals surface area contributed by atoms with Gasteiger partial charge in [0.15, 0.2) is 17.3 Å². The Morgan fingerprint density at radius 3 is 2.69 bits per heavy atom. The molecule has 168 valence electrons. The topological polar surface area (TPSA) is 123 Å². The molecule has 2 aromatic heterocycles. The highest BCUT2D eigenvalue weighted by Crippen LogP contribution is 2.26. The summed E-state index contributed by atoms with van der Waals surface area (Å²) in [6.45, 7) is 6.74. The molecule has 0 unspecified atom stereocenters.